The van der Waals surface area contributed by atoms with E-state index < -0.39 is 0 Å². The first-order valence-electron chi connectivity index (χ1n) is 8.08. The molecule has 2 aliphatic rings. The number of aromatic nitrogens is 2. The van der Waals surface area contributed by atoms with Crippen molar-refractivity contribution < 1.29 is 4.79 Å². The highest BCUT2D eigenvalue weighted by Gasteiger charge is 2.41. The maximum atomic E-state index is 12.8. The molecule has 2 fully saturated rings. The molecular formula is C18H21N3O. The van der Waals surface area contributed by atoms with Gasteiger partial charge in [-0.2, -0.15) is 5.10 Å². The van der Waals surface area contributed by atoms with Crippen molar-refractivity contribution in [2.75, 3.05) is 7.05 Å². The van der Waals surface area contributed by atoms with Crippen molar-refractivity contribution in [3.05, 3.63) is 48.3 Å². The van der Waals surface area contributed by atoms with E-state index in [0.29, 0.717) is 12.1 Å². The first-order chi connectivity index (χ1) is 10.7. The molecule has 4 rings (SSSR count). The van der Waals surface area contributed by atoms with E-state index in [1.54, 1.807) is 10.9 Å². The summed E-state index contributed by atoms with van der Waals surface area (Å²) < 4.78 is 1.79. The van der Waals surface area contributed by atoms with E-state index in [2.05, 4.69) is 17.0 Å². The van der Waals surface area contributed by atoms with Gasteiger partial charge in [-0.3, -0.25) is 4.79 Å². The Labute approximate surface area is 130 Å². The van der Waals surface area contributed by atoms with Crippen LogP contribution in [0.5, 0.6) is 0 Å². The van der Waals surface area contributed by atoms with Crippen molar-refractivity contribution in [1.29, 1.82) is 0 Å². The topological polar surface area (TPSA) is 38.1 Å². The molecule has 0 saturated carbocycles. The highest BCUT2D eigenvalue weighted by molar-refractivity contribution is 5.97. The van der Waals surface area contributed by atoms with Crippen molar-refractivity contribution in [3.63, 3.8) is 0 Å². The summed E-state index contributed by atoms with van der Waals surface area (Å²) in [4.78, 5) is 15.3. The van der Waals surface area contributed by atoms with Gasteiger partial charge < -0.3 is 4.90 Å². The van der Waals surface area contributed by atoms with E-state index in [4.69, 9.17) is 0 Å². The van der Waals surface area contributed by atoms with Gasteiger partial charge in [-0.15, -0.1) is 0 Å². The van der Waals surface area contributed by atoms with Crippen LogP contribution in [0.15, 0.2) is 42.7 Å². The van der Waals surface area contributed by atoms with Gasteiger partial charge >= 0.3 is 0 Å². The molecule has 4 heteroatoms. The lowest BCUT2D eigenvalue weighted by Gasteiger charge is -2.35. The third-order valence-electron chi connectivity index (χ3n) is 5.36. The first-order valence-corrected chi connectivity index (χ1v) is 8.08. The van der Waals surface area contributed by atoms with Crippen LogP contribution in [0.4, 0.5) is 0 Å². The third kappa shape index (κ3) is 2.28. The zero-order valence-electron chi connectivity index (χ0n) is 12.9. The van der Waals surface area contributed by atoms with Gasteiger partial charge in [0.05, 0.1) is 17.4 Å². The van der Waals surface area contributed by atoms with Gasteiger partial charge in [-0.05, 0) is 44.9 Å². The molecule has 2 aliphatic heterocycles. The summed E-state index contributed by atoms with van der Waals surface area (Å²) in [5, 5.41) is 4.36. The average Bonchev–Trinajstić information content (AvgIpc) is 3.10. The standard InChI is InChI=1S/C18H21N3O/c1-20-16-7-8-17(20)10-13(9-16)18(22)14-11-19-21(12-14)15-5-3-2-4-6-15/h2-6,11-13,16-17H,7-10H2,1H3. The van der Waals surface area contributed by atoms with Gasteiger partial charge in [0.15, 0.2) is 5.78 Å². The van der Waals surface area contributed by atoms with Gasteiger partial charge in [0, 0.05) is 24.2 Å². The van der Waals surface area contributed by atoms with Crippen molar-refractivity contribution >= 4 is 5.78 Å². The van der Waals surface area contributed by atoms with Crippen molar-refractivity contribution in [1.82, 2.24) is 14.7 Å². The Morgan fingerprint density at radius 1 is 1.14 bits per heavy atom. The molecule has 22 heavy (non-hydrogen) atoms. The van der Waals surface area contributed by atoms with Crippen LogP contribution in [0, 0.1) is 5.92 Å². The van der Waals surface area contributed by atoms with E-state index in [9.17, 15) is 4.79 Å². The van der Waals surface area contributed by atoms with Gasteiger partial charge in [0.2, 0.25) is 0 Å². The number of para-hydroxylation sites is 1. The molecule has 2 bridgehead atoms. The van der Waals surface area contributed by atoms with Gasteiger partial charge in [0.1, 0.15) is 0 Å². The molecule has 1 aromatic carbocycles. The first kappa shape index (κ1) is 13.7. The van der Waals surface area contributed by atoms with Crippen molar-refractivity contribution in [2.24, 2.45) is 5.92 Å². The minimum atomic E-state index is 0.169. The Kier molecular flexibility index (Phi) is 3.34. The molecule has 0 amide bonds. The summed E-state index contributed by atoms with van der Waals surface area (Å²) in [5.74, 6) is 0.439. The molecule has 2 unspecified atom stereocenters. The molecule has 2 atom stereocenters. The number of ketones is 1. The number of rotatable bonds is 3. The normalized spacial score (nSPS) is 28.0. The predicted octanol–water partition coefficient (Wildman–Crippen LogP) is 2.93. The number of nitrogens with zero attached hydrogens (tertiary/aromatic N) is 3. The molecule has 2 saturated heterocycles. The van der Waals surface area contributed by atoms with Gasteiger partial charge in [-0.1, -0.05) is 18.2 Å². The third-order valence-corrected chi connectivity index (χ3v) is 5.36. The maximum absolute atomic E-state index is 12.8. The number of Topliss-reactive ketones (excluding diaryl/α,β-unsaturated/α-hetero) is 1. The van der Waals surface area contributed by atoms with Crippen LogP contribution in [-0.4, -0.2) is 39.6 Å². The number of hydrogen-bond acceptors (Lipinski definition) is 3. The fourth-order valence-electron chi connectivity index (χ4n) is 4.03. The summed E-state index contributed by atoms with van der Waals surface area (Å²) in [6.07, 6.45) is 8.08. The molecule has 114 valence electrons. The number of fused-ring (bicyclic) bond motifs is 2. The zero-order valence-corrected chi connectivity index (χ0v) is 12.9. The molecule has 0 aliphatic carbocycles. The Bertz CT molecular complexity index is 665. The molecule has 3 heterocycles. The molecule has 1 aromatic heterocycles. The maximum Gasteiger partial charge on any atom is 0.169 e. The highest BCUT2D eigenvalue weighted by Crippen LogP contribution is 2.38. The fraction of sp³-hybridized carbons (Fsp3) is 0.444. The Balaban J connectivity index is 1.53. The van der Waals surface area contributed by atoms with Crippen LogP contribution in [0.25, 0.3) is 5.69 Å². The summed E-state index contributed by atoms with van der Waals surface area (Å²) in [7, 11) is 2.20. The van der Waals surface area contributed by atoms with Crippen LogP contribution in [0.1, 0.15) is 36.0 Å². The van der Waals surface area contributed by atoms with Crippen LogP contribution in [0.2, 0.25) is 0 Å². The molecule has 4 nitrogen and oxygen atoms in total. The molecule has 2 aromatic rings. The Hall–Kier alpha value is -1.94. The number of piperidine rings is 1. The number of carbonyl (C=O) groups excluding carboxylic acids is 1. The SMILES string of the molecule is CN1C2CCC1CC(C(=O)c1cnn(-c3ccccc3)c1)C2. The number of hydrogen-bond donors (Lipinski definition) is 0. The van der Waals surface area contributed by atoms with E-state index >= 15 is 0 Å². The average molecular weight is 295 g/mol. The van der Waals surface area contributed by atoms with E-state index in [1.807, 2.05) is 36.5 Å². The van der Waals surface area contributed by atoms with Crippen molar-refractivity contribution in [2.45, 2.75) is 37.8 Å². The van der Waals surface area contributed by atoms with Gasteiger partial charge in [0.25, 0.3) is 0 Å². The Morgan fingerprint density at radius 2 is 1.82 bits per heavy atom. The zero-order chi connectivity index (χ0) is 15.1. The monoisotopic (exact) mass is 295 g/mol. The fourth-order valence-corrected chi connectivity index (χ4v) is 4.03. The molecule has 0 radical (unpaired) electrons. The second kappa shape index (κ2) is 5.36. The number of benzene rings is 1. The highest BCUT2D eigenvalue weighted by atomic mass is 16.1. The summed E-state index contributed by atoms with van der Waals surface area (Å²) in [5.41, 5.74) is 1.74. The minimum absolute atomic E-state index is 0.169. The quantitative estimate of drug-likeness (QED) is 0.817. The van der Waals surface area contributed by atoms with Crippen LogP contribution in [0.3, 0.4) is 0 Å². The largest absolute Gasteiger partial charge is 0.300 e. The van der Waals surface area contributed by atoms with Gasteiger partial charge in [-0.25, -0.2) is 4.68 Å². The summed E-state index contributed by atoms with van der Waals surface area (Å²) >= 11 is 0. The molecular weight excluding hydrogens is 274 g/mol. The van der Waals surface area contributed by atoms with E-state index in [1.165, 1.54) is 12.8 Å². The summed E-state index contributed by atoms with van der Waals surface area (Å²) in [6.45, 7) is 0. The smallest absolute Gasteiger partial charge is 0.169 e. The second-order valence-corrected chi connectivity index (χ2v) is 6.59. The number of carbonyl (C=O) groups is 1. The van der Waals surface area contributed by atoms with E-state index in [-0.39, 0.29) is 11.7 Å². The second-order valence-electron chi connectivity index (χ2n) is 6.59. The lowest BCUT2D eigenvalue weighted by molar-refractivity contribution is 0.0767. The van der Waals surface area contributed by atoms with E-state index in [0.717, 1.165) is 24.1 Å². The Morgan fingerprint density at radius 3 is 2.50 bits per heavy atom. The summed E-state index contributed by atoms with van der Waals surface area (Å²) in [6, 6.07) is 11.1. The van der Waals surface area contributed by atoms with Crippen LogP contribution < -0.4 is 0 Å². The lowest BCUT2D eigenvalue weighted by atomic mass is 9.86. The molecule has 0 spiro atoms. The predicted molar refractivity (Wildman–Crippen MR) is 85.2 cm³/mol. The lowest BCUT2D eigenvalue weighted by Crippen LogP contribution is -2.42. The molecule has 0 N–H and O–H groups in total. The van der Waals surface area contributed by atoms with Crippen LogP contribution >= 0.6 is 0 Å². The minimum Gasteiger partial charge on any atom is -0.300 e. The van der Waals surface area contributed by atoms with Crippen LogP contribution in [-0.2, 0) is 0 Å². The van der Waals surface area contributed by atoms with Crippen molar-refractivity contribution in [3.8, 4) is 5.69 Å².